The van der Waals surface area contributed by atoms with Crippen molar-refractivity contribution in [1.29, 1.82) is 0 Å². The Labute approximate surface area is 149 Å². The lowest BCUT2D eigenvalue weighted by atomic mass is 10.1. The first-order valence-electron chi connectivity index (χ1n) is 7.88. The van der Waals surface area contributed by atoms with Gasteiger partial charge in [0, 0.05) is 0 Å². The number of hydrogen-bond acceptors (Lipinski definition) is 8. The lowest BCUT2D eigenvalue weighted by molar-refractivity contribution is -0.115. The normalized spacial score (nSPS) is 14.1. The number of nitrogens with zero attached hydrogens (tertiary/aromatic N) is 2. The second-order valence-corrected chi connectivity index (χ2v) is 7.66. The Balaban J connectivity index is 1.61. The van der Waals surface area contributed by atoms with Crippen LogP contribution < -0.4 is 5.32 Å². The third-order valence-corrected chi connectivity index (χ3v) is 5.31. The molecule has 3 rings (SSSR count). The molecule has 1 aliphatic rings. The Morgan fingerprint density at radius 1 is 1.19 bits per heavy atom. The Bertz CT molecular complexity index is 918. The summed E-state index contributed by atoms with van der Waals surface area (Å²) in [5.41, 5.74) is 0.656. The molecule has 0 fully saturated rings. The molecule has 1 aromatic heterocycles. The van der Waals surface area contributed by atoms with Crippen molar-refractivity contribution in [2.45, 2.75) is 18.2 Å². The van der Waals surface area contributed by atoms with Gasteiger partial charge in [0.2, 0.25) is 11.7 Å². The Morgan fingerprint density at radius 3 is 2.62 bits per heavy atom. The van der Waals surface area contributed by atoms with Crippen LogP contribution in [0.25, 0.3) is 5.76 Å². The number of anilines is 1. The standard InChI is InChI=1S/C16H17N3O6S/c1-2-26(21,22)12-5-3-11(4-6-12)9-14(20)17-16-19-18-15(25-16)13-10-23-7-8-24-13/h3-6,10H,2,7-9H2,1H3,(H,17,19,20). The molecule has 0 spiro atoms. The fraction of sp³-hybridized carbons (Fsp3) is 0.312. The number of aromatic nitrogens is 2. The van der Waals surface area contributed by atoms with Crippen LogP contribution >= 0.6 is 0 Å². The molecule has 0 radical (unpaired) electrons. The molecule has 0 bridgehead atoms. The van der Waals surface area contributed by atoms with Gasteiger partial charge in [0.05, 0.1) is 17.1 Å². The van der Waals surface area contributed by atoms with Crippen molar-refractivity contribution in [1.82, 2.24) is 10.2 Å². The first kappa shape index (κ1) is 17.9. The molecule has 0 saturated heterocycles. The number of rotatable bonds is 6. The van der Waals surface area contributed by atoms with Crippen LogP contribution in [0.1, 0.15) is 18.4 Å². The highest BCUT2D eigenvalue weighted by Gasteiger charge is 2.17. The second-order valence-electron chi connectivity index (χ2n) is 5.39. The summed E-state index contributed by atoms with van der Waals surface area (Å²) in [7, 11) is -3.26. The average Bonchev–Trinajstić information content (AvgIpc) is 3.11. The van der Waals surface area contributed by atoms with Gasteiger partial charge >= 0.3 is 6.01 Å². The van der Waals surface area contributed by atoms with E-state index < -0.39 is 9.84 Å². The maximum Gasteiger partial charge on any atom is 0.322 e. The van der Waals surface area contributed by atoms with E-state index in [2.05, 4.69) is 15.5 Å². The van der Waals surface area contributed by atoms with Crippen molar-refractivity contribution in [3.05, 3.63) is 42.0 Å². The average molecular weight is 379 g/mol. The third-order valence-electron chi connectivity index (χ3n) is 3.56. The summed E-state index contributed by atoms with van der Waals surface area (Å²) >= 11 is 0. The predicted octanol–water partition coefficient (Wildman–Crippen LogP) is 1.39. The zero-order chi connectivity index (χ0) is 18.6. The Kier molecular flexibility index (Phi) is 5.21. The summed E-state index contributed by atoms with van der Waals surface area (Å²) in [4.78, 5) is 12.3. The summed E-state index contributed by atoms with van der Waals surface area (Å²) in [6.45, 7) is 2.40. The van der Waals surface area contributed by atoms with E-state index in [1.807, 2.05) is 0 Å². The van der Waals surface area contributed by atoms with Gasteiger partial charge in [-0.25, -0.2) is 8.42 Å². The molecule has 10 heteroatoms. The van der Waals surface area contributed by atoms with E-state index in [0.29, 0.717) is 24.5 Å². The monoisotopic (exact) mass is 379 g/mol. The highest BCUT2D eigenvalue weighted by Crippen LogP contribution is 2.19. The lowest BCUT2D eigenvalue weighted by Gasteiger charge is -2.11. The van der Waals surface area contributed by atoms with Gasteiger partial charge in [0.15, 0.2) is 9.84 Å². The van der Waals surface area contributed by atoms with E-state index in [1.165, 1.54) is 18.4 Å². The van der Waals surface area contributed by atoms with Gasteiger partial charge in [-0.1, -0.05) is 24.2 Å². The molecule has 1 aromatic carbocycles. The maximum absolute atomic E-state index is 12.1. The van der Waals surface area contributed by atoms with Crippen molar-refractivity contribution in [3.63, 3.8) is 0 Å². The lowest BCUT2D eigenvalue weighted by Crippen LogP contribution is -2.14. The van der Waals surface area contributed by atoms with E-state index in [9.17, 15) is 13.2 Å². The smallest absolute Gasteiger partial charge is 0.322 e. The minimum atomic E-state index is -3.26. The zero-order valence-corrected chi connectivity index (χ0v) is 14.8. The first-order chi connectivity index (χ1) is 12.5. The molecule has 9 nitrogen and oxygen atoms in total. The molecule has 1 aliphatic heterocycles. The van der Waals surface area contributed by atoms with Crippen LogP contribution in [0.4, 0.5) is 6.01 Å². The molecular formula is C16H17N3O6S. The van der Waals surface area contributed by atoms with Crippen molar-refractivity contribution in [2.24, 2.45) is 0 Å². The summed E-state index contributed by atoms with van der Waals surface area (Å²) in [6, 6.07) is 6.10. The van der Waals surface area contributed by atoms with E-state index >= 15 is 0 Å². The fourth-order valence-electron chi connectivity index (χ4n) is 2.18. The molecule has 1 amide bonds. The highest BCUT2D eigenvalue weighted by molar-refractivity contribution is 7.91. The number of ether oxygens (including phenoxy) is 2. The molecule has 2 aromatic rings. The van der Waals surface area contributed by atoms with E-state index in [4.69, 9.17) is 13.9 Å². The third kappa shape index (κ3) is 4.20. The molecule has 2 heterocycles. The van der Waals surface area contributed by atoms with Crippen LogP contribution in [0.5, 0.6) is 0 Å². The van der Waals surface area contributed by atoms with Crippen molar-refractivity contribution < 1.29 is 27.1 Å². The second kappa shape index (κ2) is 7.56. The zero-order valence-electron chi connectivity index (χ0n) is 14.0. The number of amides is 1. The number of sulfone groups is 1. The highest BCUT2D eigenvalue weighted by atomic mass is 32.2. The molecule has 0 atom stereocenters. The van der Waals surface area contributed by atoms with E-state index in [1.54, 1.807) is 19.1 Å². The predicted molar refractivity (Wildman–Crippen MR) is 90.7 cm³/mol. The van der Waals surface area contributed by atoms with Crippen LogP contribution in [0, 0.1) is 0 Å². The topological polar surface area (TPSA) is 121 Å². The van der Waals surface area contributed by atoms with Gasteiger partial charge in [-0.3, -0.25) is 10.1 Å². The Morgan fingerprint density at radius 2 is 1.96 bits per heavy atom. The summed E-state index contributed by atoms with van der Waals surface area (Å²) < 4.78 is 39.3. The van der Waals surface area contributed by atoms with Crippen LogP contribution in [0.3, 0.4) is 0 Å². The van der Waals surface area contributed by atoms with Crippen LogP contribution in [0.15, 0.2) is 39.8 Å². The van der Waals surface area contributed by atoms with Crippen LogP contribution in [-0.2, 0) is 30.5 Å². The molecule has 26 heavy (non-hydrogen) atoms. The van der Waals surface area contributed by atoms with Gasteiger partial charge in [-0.2, -0.15) is 0 Å². The molecule has 0 unspecified atom stereocenters. The molecule has 0 aliphatic carbocycles. The minimum Gasteiger partial charge on any atom is -0.494 e. The minimum absolute atomic E-state index is 0.0253. The van der Waals surface area contributed by atoms with Crippen molar-refractivity contribution >= 4 is 27.5 Å². The number of benzene rings is 1. The maximum atomic E-state index is 12.1. The number of carbonyl (C=O) groups is 1. The number of hydrogen-bond donors (Lipinski definition) is 1. The molecule has 0 saturated carbocycles. The van der Waals surface area contributed by atoms with Gasteiger partial charge < -0.3 is 13.9 Å². The van der Waals surface area contributed by atoms with Gasteiger partial charge in [0.1, 0.15) is 19.5 Å². The first-order valence-corrected chi connectivity index (χ1v) is 9.53. The Hall–Kier alpha value is -2.88. The molecular weight excluding hydrogens is 362 g/mol. The van der Waals surface area contributed by atoms with E-state index in [0.717, 1.165) is 0 Å². The molecule has 138 valence electrons. The summed E-state index contributed by atoms with van der Waals surface area (Å²) in [5.74, 6) is 0.0597. The van der Waals surface area contributed by atoms with E-state index in [-0.39, 0.29) is 34.9 Å². The van der Waals surface area contributed by atoms with Crippen LogP contribution in [-0.4, -0.2) is 43.5 Å². The van der Waals surface area contributed by atoms with Gasteiger partial charge in [-0.15, -0.1) is 5.10 Å². The van der Waals surface area contributed by atoms with Gasteiger partial charge in [-0.05, 0) is 17.7 Å². The van der Waals surface area contributed by atoms with Crippen LogP contribution in [0.2, 0.25) is 0 Å². The van der Waals surface area contributed by atoms with Gasteiger partial charge in [0.25, 0.3) is 5.89 Å². The fourth-order valence-corrected chi connectivity index (χ4v) is 3.07. The SMILES string of the molecule is CCS(=O)(=O)c1ccc(CC(=O)Nc2nnc(C3=COCCO3)o2)cc1. The van der Waals surface area contributed by atoms with Crippen molar-refractivity contribution in [2.75, 3.05) is 24.3 Å². The van der Waals surface area contributed by atoms with Crippen molar-refractivity contribution in [3.8, 4) is 0 Å². The summed E-state index contributed by atoms with van der Waals surface area (Å²) in [5, 5.41) is 9.99. The number of nitrogens with one attached hydrogen (secondary N) is 1. The molecule has 1 N–H and O–H groups in total. The quantitative estimate of drug-likeness (QED) is 0.799. The largest absolute Gasteiger partial charge is 0.494 e. The number of carbonyl (C=O) groups excluding carboxylic acids is 1. The summed E-state index contributed by atoms with van der Waals surface area (Å²) in [6.07, 6.45) is 1.40.